The SMILES string of the molecule is CC1COC(c2cccc(Cl)c2)CN1c1ncc(Br)cn1. The second-order valence-electron chi connectivity index (χ2n) is 5.08. The zero-order valence-corrected chi connectivity index (χ0v) is 13.9. The molecule has 0 spiro atoms. The molecule has 3 rings (SSSR count). The fourth-order valence-corrected chi connectivity index (χ4v) is 2.80. The number of nitrogens with zero attached hydrogens (tertiary/aromatic N) is 3. The number of hydrogen-bond donors (Lipinski definition) is 0. The number of rotatable bonds is 2. The van der Waals surface area contributed by atoms with Crippen molar-refractivity contribution in [2.45, 2.75) is 19.1 Å². The summed E-state index contributed by atoms with van der Waals surface area (Å²) in [5.74, 6) is 0.723. The number of aromatic nitrogens is 2. The molecule has 1 aromatic carbocycles. The number of morpholine rings is 1. The van der Waals surface area contributed by atoms with Crippen LogP contribution in [0.2, 0.25) is 5.02 Å². The molecule has 2 unspecified atom stereocenters. The highest BCUT2D eigenvalue weighted by molar-refractivity contribution is 9.10. The Bertz CT molecular complexity index is 623. The highest BCUT2D eigenvalue weighted by Crippen LogP contribution is 2.28. The van der Waals surface area contributed by atoms with Crippen LogP contribution in [0.3, 0.4) is 0 Å². The van der Waals surface area contributed by atoms with Crippen molar-refractivity contribution in [3.05, 3.63) is 51.7 Å². The molecule has 2 atom stereocenters. The summed E-state index contributed by atoms with van der Waals surface area (Å²) in [5.41, 5.74) is 1.08. The van der Waals surface area contributed by atoms with Crippen molar-refractivity contribution in [3.63, 3.8) is 0 Å². The predicted octanol–water partition coefficient (Wildman–Crippen LogP) is 3.86. The maximum absolute atomic E-state index is 6.06. The molecule has 6 heteroatoms. The van der Waals surface area contributed by atoms with Gasteiger partial charge in [-0.25, -0.2) is 9.97 Å². The van der Waals surface area contributed by atoms with Crippen LogP contribution in [0, 0.1) is 0 Å². The lowest BCUT2D eigenvalue weighted by Crippen LogP contribution is -2.46. The van der Waals surface area contributed by atoms with Crippen LogP contribution in [0.5, 0.6) is 0 Å². The van der Waals surface area contributed by atoms with Gasteiger partial charge in [0.25, 0.3) is 0 Å². The van der Waals surface area contributed by atoms with Gasteiger partial charge in [0.1, 0.15) is 6.10 Å². The van der Waals surface area contributed by atoms with E-state index < -0.39 is 0 Å². The van der Waals surface area contributed by atoms with E-state index >= 15 is 0 Å². The van der Waals surface area contributed by atoms with Gasteiger partial charge in [-0.15, -0.1) is 0 Å². The third-order valence-corrected chi connectivity index (χ3v) is 4.16. The van der Waals surface area contributed by atoms with Crippen LogP contribution in [0.15, 0.2) is 41.1 Å². The quantitative estimate of drug-likeness (QED) is 0.807. The Labute approximate surface area is 137 Å². The van der Waals surface area contributed by atoms with Crippen LogP contribution in [0.25, 0.3) is 0 Å². The van der Waals surface area contributed by atoms with E-state index in [1.807, 2.05) is 24.3 Å². The summed E-state index contributed by atoms with van der Waals surface area (Å²) in [5, 5.41) is 0.723. The molecule has 0 N–H and O–H groups in total. The van der Waals surface area contributed by atoms with Gasteiger partial charge in [0.05, 0.1) is 23.7 Å². The molecule has 21 heavy (non-hydrogen) atoms. The highest BCUT2D eigenvalue weighted by Gasteiger charge is 2.28. The van der Waals surface area contributed by atoms with E-state index in [-0.39, 0.29) is 12.1 Å². The lowest BCUT2D eigenvalue weighted by atomic mass is 10.1. The molecule has 0 radical (unpaired) electrons. The maximum Gasteiger partial charge on any atom is 0.225 e. The molecule has 1 fully saturated rings. The third-order valence-electron chi connectivity index (χ3n) is 3.52. The van der Waals surface area contributed by atoms with Gasteiger partial charge in [-0.3, -0.25) is 0 Å². The van der Waals surface area contributed by atoms with Crippen LogP contribution in [0.4, 0.5) is 5.95 Å². The second-order valence-corrected chi connectivity index (χ2v) is 6.43. The average Bonchev–Trinajstić information content (AvgIpc) is 2.49. The van der Waals surface area contributed by atoms with Crippen molar-refractivity contribution in [3.8, 4) is 0 Å². The number of hydrogen-bond acceptors (Lipinski definition) is 4. The normalized spacial score (nSPS) is 22.3. The van der Waals surface area contributed by atoms with Crippen molar-refractivity contribution in [2.75, 3.05) is 18.1 Å². The van der Waals surface area contributed by atoms with Gasteiger partial charge >= 0.3 is 0 Å². The van der Waals surface area contributed by atoms with E-state index in [9.17, 15) is 0 Å². The fraction of sp³-hybridized carbons (Fsp3) is 0.333. The number of anilines is 1. The maximum atomic E-state index is 6.06. The Morgan fingerprint density at radius 3 is 2.81 bits per heavy atom. The van der Waals surface area contributed by atoms with Crippen molar-refractivity contribution < 1.29 is 4.74 Å². The zero-order valence-electron chi connectivity index (χ0n) is 11.5. The minimum atomic E-state index is -0.0212. The Kier molecular flexibility index (Phi) is 4.42. The lowest BCUT2D eigenvalue weighted by molar-refractivity contribution is 0.0209. The van der Waals surface area contributed by atoms with Gasteiger partial charge in [0.2, 0.25) is 5.95 Å². The summed E-state index contributed by atoms with van der Waals surface area (Å²) in [7, 11) is 0. The second kappa shape index (κ2) is 6.30. The first-order valence-electron chi connectivity index (χ1n) is 6.75. The van der Waals surface area contributed by atoms with E-state index in [1.54, 1.807) is 12.4 Å². The molecule has 2 aromatic rings. The van der Waals surface area contributed by atoms with Gasteiger partial charge in [-0.2, -0.15) is 0 Å². The van der Waals surface area contributed by atoms with Crippen LogP contribution in [-0.2, 0) is 4.74 Å². The molecule has 0 bridgehead atoms. The Hall–Kier alpha value is -1.17. The summed E-state index contributed by atoms with van der Waals surface area (Å²) in [6.45, 7) is 3.46. The Balaban J connectivity index is 1.83. The van der Waals surface area contributed by atoms with Crippen LogP contribution >= 0.6 is 27.5 Å². The Morgan fingerprint density at radius 2 is 2.10 bits per heavy atom. The summed E-state index contributed by atoms with van der Waals surface area (Å²) in [4.78, 5) is 10.9. The van der Waals surface area contributed by atoms with Crippen molar-refractivity contribution >= 4 is 33.5 Å². The van der Waals surface area contributed by atoms with Crippen molar-refractivity contribution in [1.82, 2.24) is 9.97 Å². The van der Waals surface area contributed by atoms with Gasteiger partial charge in [-0.1, -0.05) is 23.7 Å². The average molecular weight is 369 g/mol. The van der Waals surface area contributed by atoms with E-state index in [4.69, 9.17) is 16.3 Å². The van der Waals surface area contributed by atoms with Crippen LogP contribution in [0.1, 0.15) is 18.6 Å². The monoisotopic (exact) mass is 367 g/mol. The van der Waals surface area contributed by atoms with E-state index in [1.165, 1.54) is 0 Å². The van der Waals surface area contributed by atoms with Crippen molar-refractivity contribution in [1.29, 1.82) is 0 Å². The summed E-state index contributed by atoms with van der Waals surface area (Å²) < 4.78 is 6.82. The summed E-state index contributed by atoms with van der Waals surface area (Å²) in [6.07, 6.45) is 3.50. The summed E-state index contributed by atoms with van der Waals surface area (Å²) in [6, 6.07) is 8.03. The molecule has 0 saturated carbocycles. The Morgan fingerprint density at radius 1 is 1.33 bits per heavy atom. The largest absolute Gasteiger partial charge is 0.370 e. The lowest BCUT2D eigenvalue weighted by Gasteiger charge is -2.38. The molecule has 0 amide bonds. The molecule has 2 heterocycles. The zero-order chi connectivity index (χ0) is 14.8. The molecule has 0 aliphatic carbocycles. The predicted molar refractivity (Wildman–Crippen MR) is 86.7 cm³/mol. The molecule has 4 nitrogen and oxygen atoms in total. The third kappa shape index (κ3) is 3.36. The van der Waals surface area contributed by atoms with Gasteiger partial charge in [0.15, 0.2) is 0 Å². The molecule has 1 aliphatic rings. The van der Waals surface area contributed by atoms with E-state index in [2.05, 4.69) is 37.7 Å². The van der Waals surface area contributed by atoms with Crippen LogP contribution in [-0.4, -0.2) is 29.2 Å². The first-order chi connectivity index (χ1) is 10.1. The standard InChI is InChI=1S/C15H15BrClN3O/c1-10-9-21-14(11-3-2-4-13(17)5-11)8-20(10)15-18-6-12(16)7-19-15/h2-7,10,14H,8-9H2,1H3. The molecule has 110 valence electrons. The van der Waals surface area contributed by atoms with E-state index in [0.717, 1.165) is 21.0 Å². The summed E-state index contributed by atoms with van der Waals surface area (Å²) >= 11 is 9.42. The topological polar surface area (TPSA) is 38.2 Å². The highest BCUT2D eigenvalue weighted by atomic mass is 79.9. The van der Waals surface area contributed by atoms with Gasteiger partial charge in [0, 0.05) is 17.4 Å². The number of halogens is 2. The fourth-order valence-electron chi connectivity index (χ4n) is 2.40. The first kappa shape index (κ1) is 14.8. The van der Waals surface area contributed by atoms with Crippen LogP contribution < -0.4 is 4.90 Å². The minimum absolute atomic E-state index is 0.0212. The van der Waals surface area contributed by atoms with Crippen molar-refractivity contribution in [2.24, 2.45) is 0 Å². The molecule has 1 saturated heterocycles. The first-order valence-corrected chi connectivity index (χ1v) is 7.92. The molecular formula is C15H15BrClN3O. The van der Waals surface area contributed by atoms with E-state index in [0.29, 0.717) is 13.2 Å². The number of benzene rings is 1. The van der Waals surface area contributed by atoms with Gasteiger partial charge in [-0.05, 0) is 40.5 Å². The minimum Gasteiger partial charge on any atom is -0.370 e. The smallest absolute Gasteiger partial charge is 0.225 e. The number of ether oxygens (including phenoxy) is 1. The molecule has 1 aromatic heterocycles. The molecule has 1 aliphatic heterocycles. The van der Waals surface area contributed by atoms with Gasteiger partial charge < -0.3 is 9.64 Å². The molecular weight excluding hydrogens is 354 g/mol.